The van der Waals surface area contributed by atoms with Crippen LogP contribution < -0.4 is 19.9 Å². The lowest BCUT2D eigenvalue weighted by molar-refractivity contribution is 0.104. The van der Waals surface area contributed by atoms with Gasteiger partial charge < -0.3 is 19.9 Å². The van der Waals surface area contributed by atoms with Crippen molar-refractivity contribution in [2.24, 2.45) is 0 Å². The van der Waals surface area contributed by atoms with Crippen molar-refractivity contribution in [3.8, 4) is 27.7 Å². The Kier molecular flexibility index (Phi) is 5.37. The van der Waals surface area contributed by atoms with Gasteiger partial charge >= 0.3 is 0 Å². The van der Waals surface area contributed by atoms with Crippen LogP contribution >= 0.6 is 11.3 Å². The Morgan fingerprint density at radius 2 is 1.52 bits per heavy atom. The lowest BCUT2D eigenvalue weighted by Crippen LogP contribution is -2.04. The van der Waals surface area contributed by atoms with Crippen LogP contribution in [0, 0.1) is 6.92 Å². The average Bonchev–Trinajstić information content (AvgIpc) is 3.08. The SMILES string of the molecule is COc1cc(C(=O)c2sc(-c3ccc(C)cc3)cc2N)cc(OC)c1OC. The summed E-state index contributed by atoms with van der Waals surface area (Å²) in [5.74, 6) is 1.11. The molecule has 0 aliphatic carbocycles. The van der Waals surface area contributed by atoms with Gasteiger partial charge in [0.05, 0.1) is 31.9 Å². The van der Waals surface area contributed by atoms with Crippen LogP contribution in [-0.2, 0) is 0 Å². The number of hydrogen-bond donors (Lipinski definition) is 1. The van der Waals surface area contributed by atoms with E-state index < -0.39 is 0 Å². The van der Waals surface area contributed by atoms with Crippen LogP contribution in [0.1, 0.15) is 20.8 Å². The van der Waals surface area contributed by atoms with E-state index in [4.69, 9.17) is 19.9 Å². The van der Waals surface area contributed by atoms with Crippen LogP contribution in [0.4, 0.5) is 5.69 Å². The molecule has 0 amide bonds. The molecule has 0 aliphatic heterocycles. The van der Waals surface area contributed by atoms with Crippen molar-refractivity contribution in [1.29, 1.82) is 0 Å². The van der Waals surface area contributed by atoms with Crippen molar-refractivity contribution >= 4 is 22.8 Å². The minimum atomic E-state index is -0.185. The lowest BCUT2D eigenvalue weighted by Gasteiger charge is -2.13. The summed E-state index contributed by atoms with van der Waals surface area (Å²) >= 11 is 1.37. The molecule has 0 saturated heterocycles. The summed E-state index contributed by atoms with van der Waals surface area (Å²) in [7, 11) is 4.55. The Labute approximate surface area is 162 Å². The Morgan fingerprint density at radius 3 is 2.04 bits per heavy atom. The maximum absolute atomic E-state index is 13.1. The van der Waals surface area contributed by atoms with E-state index in [2.05, 4.69) is 0 Å². The highest BCUT2D eigenvalue weighted by Gasteiger charge is 2.21. The maximum Gasteiger partial charge on any atom is 0.205 e. The molecule has 0 bridgehead atoms. The highest BCUT2D eigenvalue weighted by Crippen LogP contribution is 2.40. The van der Waals surface area contributed by atoms with E-state index in [1.807, 2.05) is 37.3 Å². The van der Waals surface area contributed by atoms with E-state index in [9.17, 15) is 4.79 Å². The molecule has 0 atom stereocenters. The number of methoxy groups -OCH3 is 3. The Morgan fingerprint density at radius 1 is 0.926 bits per heavy atom. The second kappa shape index (κ2) is 7.72. The zero-order valence-electron chi connectivity index (χ0n) is 15.7. The standard InChI is InChI=1S/C21H21NO4S/c1-12-5-7-13(8-6-12)18-11-15(22)21(27-18)19(23)14-9-16(24-2)20(26-4)17(10-14)25-3/h5-11H,22H2,1-4H3. The molecule has 3 rings (SSSR count). The maximum atomic E-state index is 13.1. The van der Waals surface area contributed by atoms with Crippen molar-refractivity contribution in [1.82, 2.24) is 0 Å². The van der Waals surface area contributed by atoms with E-state index in [0.29, 0.717) is 33.4 Å². The van der Waals surface area contributed by atoms with E-state index >= 15 is 0 Å². The Balaban J connectivity index is 2.02. The third kappa shape index (κ3) is 3.61. The number of aryl methyl sites for hydroxylation is 1. The fourth-order valence-corrected chi connectivity index (χ4v) is 3.83. The van der Waals surface area contributed by atoms with Crippen molar-refractivity contribution in [3.63, 3.8) is 0 Å². The first-order valence-corrected chi connectivity index (χ1v) is 9.11. The van der Waals surface area contributed by atoms with E-state index in [0.717, 1.165) is 10.4 Å². The number of ketones is 1. The highest BCUT2D eigenvalue weighted by atomic mass is 32.1. The Hall–Kier alpha value is -2.99. The second-order valence-corrected chi connectivity index (χ2v) is 7.06. The number of carbonyl (C=O) groups is 1. The van der Waals surface area contributed by atoms with E-state index in [1.165, 1.54) is 38.2 Å². The molecule has 27 heavy (non-hydrogen) atoms. The highest BCUT2D eigenvalue weighted by molar-refractivity contribution is 7.18. The van der Waals surface area contributed by atoms with Gasteiger partial charge in [-0.25, -0.2) is 0 Å². The molecule has 140 valence electrons. The smallest absolute Gasteiger partial charge is 0.205 e. The first-order valence-electron chi connectivity index (χ1n) is 8.29. The second-order valence-electron chi connectivity index (χ2n) is 6.00. The molecule has 6 heteroatoms. The number of nitrogens with two attached hydrogens (primary N) is 1. The molecule has 2 aromatic carbocycles. The number of carbonyl (C=O) groups excluding carboxylic acids is 1. The van der Waals surface area contributed by atoms with Crippen LogP contribution in [0.25, 0.3) is 10.4 Å². The number of rotatable bonds is 6. The third-order valence-corrected chi connectivity index (χ3v) is 5.43. The number of nitrogen functional groups attached to an aromatic ring is 1. The van der Waals surface area contributed by atoms with Gasteiger partial charge in [0.25, 0.3) is 0 Å². The summed E-state index contributed by atoms with van der Waals surface area (Å²) in [4.78, 5) is 14.5. The van der Waals surface area contributed by atoms with Crippen LogP contribution in [0.3, 0.4) is 0 Å². The molecule has 0 unspecified atom stereocenters. The molecule has 0 spiro atoms. The fraction of sp³-hybridized carbons (Fsp3) is 0.190. The molecule has 3 aromatic rings. The zero-order chi connectivity index (χ0) is 19.6. The summed E-state index contributed by atoms with van der Waals surface area (Å²) < 4.78 is 16.0. The summed E-state index contributed by atoms with van der Waals surface area (Å²) in [5.41, 5.74) is 9.23. The molecular formula is C21H21NO4S. The predicted octanol–water partition coefficient (Wildman–Crippen LogP) is 4.56. The van der Waals surface area contributed by atoms with Crippen molar-refractivity contribution in [2.45, 2.75) is 6.92 Å². The van der Waals surface area contributed by atoms with Crippen molar-refractivity contribution in [2.75, 3.05) is 27.1 Å². The van der Waals surface area contributed by atoms with Gasteiger partial charge in [0.2, 0.25) is 11.5 Å². The molecule has 0 fully saturated rings. The quantitative estimate of drug-likeness (QED) is 0.632. The summed E-state index contributed by atoms with van der Waals surface area (Å²) in [6.45, 7) is 2.03. The first kappa shape index (κ1) is 18.8. The van der Waals surface area contributed by atoms with Gasteiger partial charge in [0.15, 0.2) is 11.5 Å². The van der Waals surface area contributed by atoms with Gasteiger partial charge in [0, 0.05) is 10.4 Å². The molecule has 1 heterocycles. The zero-order valence-corrected chi connectivity index (χ0v) is 16.5. The van der Waals surface area contributed by atoms with Crippen LogP contribution in [0.2, 0.25) is 0 Å². The van der Waals surface area contributed by atoms with Gasteiger partial charge in [-0.05, 0) is 30.7 Å². The minimum absolute atomic E-state index is 0.185. The normalized spacial score (nSPS) is 10.5. The molecule has 0 aliphatic rings. The van der Waals surface area contributed by atoms with Crippen LogP contribution in [-0.4, -0.2) is 27.1 Å². The molecule has 5 nitrogen and oxygen atoms in total. The van der Waals surface area contributed by atoms with Gasteiger partial charge in [-0.3, -0.25) is 4.79 Å². The monoisotopic (exact) mass is 383 g/mol. The van der Waals surface area contributed by atoms with Gasteiger partial charge in [0.1, 0.15) is 0 Å². The topological polar surface area (TPSA) is 70.8 Å². The number of thiophene rings is 1. The first-order chi connectivity index (χ1) is 13.0. The lowest BCUT2D eigenvalue weighted by atomic mass is 10.1. The number of ether oxygens (including phenoxy) is 3. The fourth-order valence-electron chi connectivity index (χ4n) is 2.79. The average molecular weight is 383 g/mol. The molecule has 2 N–H and O–H groups in total. The van der Waals surface area contributed by atoms with E-state index in [-0.39, 0.29) is 5.78 Å². The molecule has 0 saturated carbocycles. The number of hydrogen-bond acceptors (Lipinski definition) is 6. The number of anilines is 1. The summed E-state index contributed by atoms with van der Waals surface area (Å²) in [5, 5.41) is 0. The minimum Gasteiger partial charge on any atom is -0.493 e. The number of benzene rings is 2. The third-order valence-electron chi connectivity index (χ3n) is 4.23. The van der Waals surface area contributed by atoms with Crippen LogP contribution in [0.5, 0.6) is 17.2 Å². The van der Waals surface area contributed by atoms with Gasteiger partial charge in [-0.2, -0.15) is 0 Å². The molecule has 0 radical (unpaired) electrons. The molecule has 1 aromatic heterocycles. The largest absolute Gasteiger partial charge is 0.493 e. The van der Waals surface area contributed by atoms with E-state index in [1.54, 1.807) is 12.1 Å². The predicted molar refractivity (Wildman–Crippen MR) is 108 cm³/mol. The van der Waals surface area contributed by atoms with Gasteiger partial charge in [-0.1, -0.05) is 29.8 Å². The Bertz CT molecular complexity index is 951. The van der Waals surface area contributed by atoms with Crippen molar-refractivity contribution in [3.05, 3.63) is 58.5 Å². The van der Waals surface area contributed by atoms with Crippen molar-refractivity contribution < 1.29 is 19.0 Å². The summed E-state index contributed by atoms with van der Waals surface area (Å²) in [6, 6.07) is 13.2. The van der Waals surface area contributed by atoms with Crippen LogP contribution in [0.15, 0.2) is 42.5 Å². The molecular weight excluding hydrogens is 362 g/mol. The van der Waals surface area contributed by atoms with Gasteiger partial charge in [-0.15, -0.1) is 11.3 Å². The summed E-state index contributed by atoms with van der Waals surface area (Å²) in [6.07, 6.45) is 0.